The summed E-state index contributed by atoms with van der Waals surface area (Å²) < 4.78 is 5.38. The number of nitrogens with zero attached hydrogens (tertiary/aromatic N) is 2. The molecule has 21 heavy (non-hydrogen) atoms. The number of aliphatic imine (C=N–C) groups is 1. The van der Waals surface area contributed by atoms with Gasteiger partial charge in [-0.25, -0.2) is 0 Å². The van der Waals surface area contributed by atoms with Crippen LogP contribution in [0.2, 0.25) is 0 Å². The maximum Gasteiger partial charge on any atom is 0.191 e. The van der Waals surface area contributed by atoms with Crippen molar-refractivity contribution in [3.05, 3.63) is 29.8 Å². The van der Waals surface area contributed by atoms with Gasteiger partial charge in [0, 0.05) is 47.0 Å². The number of rotatable bonds is 6. The number of anilines is 1. The van der Waals surface area contributed by atoms with E-state index in [1.807, 2.05) is 27.9 Å². The Morgan fingerprint density at radius 2 is 1.81 bits per heavy atom. The molecular weight excluding hydrogens is 264 g/mol. The molecule has 0 fully saturated rings. The van der Waals surface area contributed by atoms with Crippen LogP contribution >= 0.6 is 0 Å². The van der Waals surface area contributed by atoms with Crippen LogP contribution < -0.4 is 15.5 Å². The number of hydrogen-bond donors (Lipinski definition) is 2. The molecule has 118 valence electrons. The van der Waals surface area contributed by atoms with E-state index in [1.54, 1.807) is 14.2 Å². The molecule has 1 rings (SSSR count). The molecule has 0 unspecified atom stereocenters. The van der Waals surface area contributed by atoms with Crippen molar-refractivity contribution in [1.29, 1.82) is 0 Å². The van der Waals surface area contributed by atoms with E-state index in [1.165, 1.54) is 11.3 Å². The van der Waals surface area contributed by atoms with Crippen molar-refractivity contribution < 1.29 is 4.74 Å². The molecule has 0 saturated heterocycles. The minimum atomic E-state index is -0.217. The predicted octanol–water partition coefficient (Wildman–Crippen LogP) is 1.84. The summed E-state index contributed by atoms with van der Waals surface area (Å²) in [4.78, 5) is 6.30. The van der Waals surface area contributed by atoms with Crippen molar-refractivity contribution in [1.82, 2.24) is 10.6 Å². The molecule has 0 radical (unpaired) electrons. The fraction of sp³-hybridized carbons (Fsp3) is 0.562. The predicted molar refractivity (Wildman–Crippen MR) is 90.1 cm³/mol. The minimum absolute atomic E-state index is 0.217. The standard InChI is InChI=1S/C16H28N4O/c1-16(2,21-6)12-19-15(17-3)18-11-13-7-9-14(10-8-13)20(4)5/h7-10H,11-12H2,1-6H3,(H2,17,18,19). The Balaban J connectivity index is 2.48. The van der Waals surface area contributed by atoms with E-state index in [0.29, 0.717) is 6.54 Å². The lowest BCUT2D eigenvalue weighted by molar-refractivity contribution is 0.0268. The zero-order valence-electron chi connectivity index (χ0n) is 14.0. The molecule has 0 heterocycles. The Hall–Kier alpha value is -1.75. The Morgan fingerprint density at radius 1 is 1.19 bits per heavy atom. The SMILES string of the molecule is CN=C(NCc1ccc(N(C)C)cc1)NCC(C)(C)OC. The lowest BCUT2D eigenvalue weighted by Gasteiger charge is -2.24. The molecule has 0 aliphatic heterocycles. The van der Waals surface area contributed by atoms with Crippen LogP contribution in [-0.2, 0) is 11.3 Å². The normalized spacial score (nSPS) is 12.2. The van der Waals surface area contributed by atoms with Gasteiger partial charge in [-0.2, -0.15) is 0 Å². The Labute approximate surface area is 128 Å². The van der Waals surface area contributed by atoms with Gasteiger partial charge < -0.3 is 20.3 Å². The molecule has 0 aliphatic rings. The number of methoxy groups -OCH3 is 1. The van der Waals surface area contributed by atoms with Gasteiger partial charge in [0.2, 0.25) is 0 Å². The molecular formula is C16H28N4O. The summed E-state index contributed by atoms with van der Waals surface area (Å²) in [7, 11) is 7.56. The summed E-state index contributed by atoms with van der Waals surface area (Å²) in [5.74, 6) is 0.775. The molecule has 0 atom stereocenters. The number of ether oxygens (including phenoxy) is 1. The van der Waals surface area contributed by atoms with Crippen LogP contribution in [0, 0.1) is 0 Å². The van der Waals surface area contributed by atoms with E-state index >= 15 is 0 Å². The highest BCUT2D eigenvalue weighted by atomic mass is 16.5. The van der Waals surface area contributed by atoms with Crippen LogP contribution in [-0.4, -0.2) is 46.4 Å². The minimum Gasteiger partial charge on any atom is -0.378 e. The first kappa shape index (κ1) is 17.3. The van der Waals surface area contributed by atoms with Gasteiger partial charge in [0.05, 0.1) is 5.60 Å². The topological polar surface area (TPSA) is 48.9 Å². The maximum absolute atomic E-state index is 5.38. The van der Waals surface area contributed by atoms with Crippen LogP contribution in [0.1, 0.15) is 19.4 Å². The van der Waals surface area contributed by atoms with Crippen molar-refractivity contribution in [2.45, 2.75) is 26.0 Å². The third kappa shape index (κ3) is 6.04. The number of hydrogen-bond acceptors (Lipinski definition) is 3. The quantitative estimate of drug-likeness (QED) is 0.620. The first-order valence-electron chi connectivity index (χ1n) is 7.14. The van der Waals surface area contributed by atoms with Gasteiger partial charge in [0.25, 0.3) is 0 Å². The summed E-state index contributed by atoms with van der Waals surface area (Å²) in [6, 6.07) is 8.46. The Kier molecular flexibility index (Phi) is 6.49. The van der Waals surface area contributed by atoms with Crippen molar-refractivity contribution in [3.8, 4) is 0 Å². The highest BCUT2D eigenvalue weighted by Gasteiger charge is 2.16. The smallest absolute Gasteiger partial charge is 0.191 e. The van der Waals surface area contributed by atoms with E-state index in [2.05, 4.69) is 44.8 Å². The molecule has 5 heteroatoms. The third-order valence-electron chi connectivity index (χ3n) is 3.37. The molecule has 2 N–H and O–H groups in total. The van der Waals surface area contributed by atoms with Gasteiger partial charge in [0.15, 0.2) is 5.96 Å². The van der Waals surface area contributed by atoms with Crippen molar-refractivity contribution in [2.75, 3.05) is 39.7 Å². The summed E-state index contributed by atoms with van der Waals surface area (Å²) in [6.07, 6.45) is 0. The third-order valence-corrected chi connectivity index (χ3v) is 3.37. The van der Waals surface area contributed by atoms with E-state index < -0.39 is 0 Å². The summed E-state index contributed by atoms with van der Waals surface area (Å²) in [5, 5.41) is 6.57. The lowest BCUT2D eigenvalue weighted by atomic mass is 10.1. The van der Waals surface area contributed by atoms with Crippen LogP contribution in [0.4, 0.5) is 5.69 Å². The van der Waals surface area contributed by atoms with Gasteiger partial charge in [-0.3, -0.25) is 4.99 Å². The zero-order chi connectivity index (χ0) is 15.9. The van der Waals surface area contributed by atoms with Gasteiger partial charge in [-0.15, -0.1) is 0 Å². The molecule has 0 amide bonds. The largest absolute Gasteiger partial charge is 0.378 e. The first-order valence-corrected chi connectivity index (χ1v) is 7.14. The first-order chi connectivity index (χ1) is 9.88. The summed E-state index contributed by atoms with van der Waals surface area (Å²) >= 11 is 0. The molecule has 5 nitrogen and oxygen atoms in total. The zero-order valence-corrected chi connectivity index (χ0v) is 14.0. The second-order valence-electron chi connectivity index (χ2n) is 5.80. The second-order valence-corrected chi connectivity index (χ2v) is 5.80. The van der Waals surface area contributed by atoms with Crippen molar-refractivity contribution >= 4 is 11.6 Å². The van der Waals surface area contributed by atoms with Gasteiger partial charge >= 0.3 is 0 Å². The van der Waals surface area contributed by atoms with Crippen LogP contribution in [0.5, 0.6) is 0 Å². The van der Waals surface area contributed by atoms with E-state index in [-0.39, 0.29) is 5.60 Å². The lowest BCUT2D eigenvalue weighted by Crippen LogP contribution is -2.45. The van der Waals surface area contributed by atoms with Crippen LogP contribution in [0.25, 0.3) is 0 Å². The summed E-state index contributed by atoms with van der Waals surface area (Å²) in [6.45, 7) is 5.50. The number of guanidine groups is 1. The fourth-order valence-electron chi connectivity index (χ4n) is 1.69. The van der Waals surface area contributed by atoms with Crippen LogP contribution in [0.3, 0.4) is 0 Å². The molecule has 1 aromatic rings. The second kappa shape index (κ2) is 7.88. The average molecular weight is 292 g/mol. The Bertz CT molecular complexity index is 452. The maximum atomic E-state index is 5.38. The fourth-order valence-corrected chi connectivity index (χ4v) is 1.69. The average Bonchev–Trinajstić information content (AvgIpc) is 2.48. The van der Waals surface area contributed by atoms with E-state index in [9.17, 15) is 0 Å². The molecule has 0 aliphatic carbocycles. The summed E-state index contributed by atoms with van der Waals surface area (Å²) in [5.41, 5.74) is 2.20. The molecule has 1 aromatic carbocycles. The molecule has 0 bridgehead atoms. The molecule has 0 saturated carbocycles. The van der Waals surface area contributed by atoms with Gasteiger partial charge in [-0.1, -0.05) is 12.1 Å². The van der Waals surface area contributed by atoms with E-state index in [4.69, 9.17) is 4.74 Å². The Morgan fingerprint density at radius 3 is 2.29 bits per heavy atom. The van der Waals surface area contributed by atoms with Crippen molar-refractivity contribution in [3.63, 3.8) is 0 Å². The number of benzene rings is 1. The van der Waals surface area contributed by atoms with Gasteiger partial charge in [0.1, 0.15) is 0 Å². The van der Waals surface area contributed by atoms with Crippen molar-refractivity contribution in [2.24, 2.45) is 4.99 Å². The van der Waals surface area contributed by atoms with Gasteiger partial charge in [-0.05, 0) is 31.5 Å². The molecule has 0 aromatic heterocycles. The highest BCUT2D eigenvalue weighted by molar-refractivity contribution is 5.79. The molecule has 0 spiro atoms. The van der Waals surface area contributed by atoms with Crippen LogP contribution in [0.15, 0.2) is 29.3 Å². The highest BCUT2D eigenvalue weighted by Crippen LogP contribution is 2.12. The number of nitrogens with one attached hydrogen (secondary N) is 2. The monoisotopic (exact) mass is 292 g/mol. The van der Waals surface area contributed by atoms with E-state index in [0.717, 1.165) is 12.5 Å².